The molecule has 1 saturated carbocycles. The number of ether oxygens (including phenoxy) is 1. The average Bonchev–Trinajstić information content (AvgIpc) is 3.22. The standard InChI is InChI=1S/C14H15NO3/c1-18-10-4-5-12-11(8-10)13(16)6-7-15(12)14(17)9-2-3-9/h4-5,8-9H,2-3,6-7H2,1H3. The van der Waals surface area contributed by atoms with E-state index in [9.17, 15) is 9.59 Å². The lowest BCUT2D eigenvalue weighted by molar-refractivity contribution is -0.119. The second-order valence-corrected chi connectivity index (χ2v) is 4.82. The van der Waals surface area contributed by atoms with Crippen LogP contribution in [0.5, 0.6) is 5.75 Å². The smallest absolute Gasteiger partial charge is 0.230 e. The quantitative estimate of drug-likeness (QED) is 0.800. The molecule has 0 spiro atoms. The summed E-state index contributed by atoms with van der Waals surface area (Å²) in [5, 5.41) is 0. The lowest BCUT2D eigenvalue weighted by atomic mass is 9.99. The van der Waals surface area contributed by atoms with E-state index in [1.54, 1.807) is 24.1 Å². The molecule has 0 atom stereocenters. The Morgan fingerprint density at radius 3 is 2.83 bits per heavy atom. The lowest BCUT2D eigenvalue weighted by Crippen LogP contribution is -2.38. The first-order chi connectivity index (χ1) is 8.70. The SMILES string of the molecule is COc1ccc2c(c1)C(=O)CCN2C(=O)C1CC1. The summed E-state index contributed by atoms with van der Waals surface area (Å²) in [7, 11) is 1.57. The van der Waals surface area contributed by atoms with Crippen molar-refractivity contribution in [3.63, 3.8) is 0 Å². The van der Waals surface area contributed by atoms with Gasteiger partial charge in [-0.2, -0.15) is 0 Å². The van der Waals surface area contributed by atoms with E-state index in [0.29, 0.717) is 24.3 Å². The van der Waals surface area contributed by atoms with Gasteiger partial charge >= 0.3 is 0 Å². The molecular formula is C14H15NO3. The summed E-state index contributed by atoms with van der Waals surface area (Å²) in [6.45, 7) is 0.507. The largest absolute Gasteiger partial charge is 0.497 e. The molecule has 0 unspecified atom stereocenters. The highest BCUT2D eigenvalue weighted by molar-refractivity contribution is 6.09. The van der Waals surface area contributed by atoms with Gasteiger partial charge in [0.1, 0.15) is 5.75 Å². The third-order valence-corrected chi connectivity index (χ3v) is 3.55. The molecule has 2 aliphatic rings. The van der Waals surface area contributed by atoms with E-state index < -0.39 is 0 Å². The number of fused-ring (bicyclic) bond motifs is 1. The van der Waals surface area contributed by atoms with Crippen LogP contribution in [0, 0.1) is 5.92 Å². The third kappa shape index (κ3) is 1.78. The van der Waals surface area contributed by atoms with Crippen LogP contribution in [-0.4, -0.2) is 25.3 Å². The molecule has 4 heteroatoms. The van der Waals surface area contributed by atoms with E-state index in [4.69, 9.17) is 4.74 Å². The molecule has 1 aliphatic heterocycles. The Balaban J connectivity index is 2.00. The summed E-state index contributed by atoms with van der Waals surface area (Å²) in [5.41, 5.74) is 1.35. The van der Waals surface area contributed by atoms with Crippen LogP contribution in [0.3, 0.4) is 0 Å². The number of hydrogen-bond donors (Lipinski definition) is 0. The van der Waals surface area contributed by atoms with Gasteiger partial charge in [0.25, 0.3) is 0 Å². The van der Waals surface area contributed by atoms with Gasteiger partial charge in [-0.25, -0.2) is 0 Å². The zero-order valence-corrected chi connectivity index (χ0v) is 10.3. The fraction of sp³-hybridized carbons (Fsp3) is 0.429. The fourth-order valence-electron chi connectivity index (χ4n) is 2.35. The van der Waals surface area contributed by atoms with Gasteiger partial charge in [-0.3, -0.25) is 9.59 Å². The zero-order chi connectivity index (χ0) is 12.7. The van der Waals surface area contributed by atoms with Crippen LogP contribution in [0.4, 0.5) is 5.69 Å². The molecule has 4 nitrogen and oxygen atoms in total. The summed E-state index contributed by atoms with van der Waals surface area (Å²) < 4.78 is 5.13. The van der Waals surface area contributed by atoms with Crippen LogP contribution in [0.25, 0.3) is 0 Å². The van der Waals surface area contributed by atoms with Crippen molar-refractivity contribution in [1.29, 1.82) is 0 Å². The minimum absolute atomic E-state index is 0.0868. The molecule has 1 aliphatic carbocycles. The monoisotopic (exact) mass is 245 g/mol. The molecule has 94 valence electrons. The second-order valence-electron chi connectivity index (χ2n) is 4.82. The highest BCUT2D eigenvalue weighted by Gasteiger charge is 2.37. The van der Waals surface area contributed by atoms with E-state index in [-0.39, 0.29) is 17.6 Å². The van der Waals surface area contributed by atoms with Crippen molar-refractivity contribution in [2.45, 2.75) is 19.3 Å². The number of rotatable bonds is 2. The minimum atomic E-state index is 0.0868. The molecule has 1 fully saturated rings. The van der Waals surface area contributed by atoms with Gasteiger partial charge in [0.05, 0.1) is 12.8 Å². The molecule has 1 amide bonds. The molecule has 0 saturated heterocycles. The van der Waals surface area contributed by atoms with Crippen molar-refractivity contribution in [2.75, 3.05) is 18.6 Å². The number of benzene rings is 1. The normalized spacial score (nSPS) is 18.5. The molecule has 0 aromatic heterocycles. The second kappa shape index (κ2) is 4.12. The lowest BCUT2D eigenvalue weighted by Gasteiger charge is -2.29. The maximum absolute atomic E-state index is 12.2. The van der Waals surface area contributed by atoms with Crippen LogP contribution < -0.4 is 9.64 Å². The number of hydrogen-bond acceptors (Lipinski definition) is 3. The molecule has 3 rings (SSSR count). The molecule has 1 heterocycles. The van der Waals surface area contributed by atoms with Crippen molar-refractivity contribution in [3.05, 3.63) is 23.8 Å². The predicted molar refractivity (Wildman–Crippen MR) is 67.0 cm³/mol. The number of nitrogens with zero attached hydrogens (tertiary/aromatic N) is 1. The first-order valence-electron chi connectivity index (χ1n) is 6.23. The number of anilines is 1. The van der Waals surface area contributed by atoms with Crippen molar-refractivity contribution >= 4 is 17.4 Å². The molecular weight excluding hydrogens is 230 g/mol. The Labute approximate surface area is 106 Å². The molecule has 0 N–H and O–H groups in total. The Morgan fingerprint density at radius 2 is 2.17 bits per heavy atom. The zero-order valence-electron chi connectivity index (χ0n) is 10.3. The van der Waals surface area contributed by atoms with Gasteiger partial charge in [0.2, 0.25) is 5.91 Å². The Morgan fingerprint density at radius 1 is 1.39 bits per heavy atom. The van der Waals surface area contributed by atoms with Crippen LogP contribution in [0.15, 0.2) is 18.2 Å². The highest BCUT2D eigenvalue weighted by Crippen LogP contribution is 2.36. The first kappa shape index (κ1) is 11.3. The molecule has 0 bridgehead atoms. The fourth-order valence-corrected chi connectivity index (χ4v) is 2.35. The van der Waals surface area contributed by atoms with Gasteiger partial charge in [-0.1, -0.05) is 0 Å². The Hall–Kier alpha value is -1.84. The van der Waals surface area contributed by atoms with Crippen molar-refractivity contribution < 1.29 is 14.3 Å². The van der Waals surface area contributed by atoms with E-state index in [1.165, 1.54) is 0 Å². The summed E-state index contributed by atoms with van der Waals surface area (Å²) in [5.74, 6) is 1.08. The van der Waals surface area contributed by atoms with Crippen molar-refractivity contribution in [1.82, 2.24) is 0 Å². The molecule has 1 aromatic rings. The average molecular weight is 245 g/mol. The van der Waals surface area contributed by atoms with Gasteiger partial charge in [0, 0.05) is 24.4 Å². The van der Waals surface area contributed by atoms with Gasteiger partial charge < -0.3 is 9.64 Å². The number of carbonyl (C=O) groups excluding carboxylic acids is 2. The summed E-state index contributed by atoms with van der Waals surface area (Å²) in [6.07, 6.45) is 2.36. The first-order valence-corrected chi connectivity index (χ1v) is 6.23. The molecule has 18 heavy (non-hydrogen) atoms. The van der Waals surface area contributed by atoms with Gasteiger partial charge in [-0.05, 0) is 31.0 Å². The minimum Gasteiger partial charge on any atom is -0.497 e. The van der Waals surface area contributed by atoms with Crippen molar-refractivity contribution in [2.24, 2.45) is 5.92 Å². The van der Waals surface area contributed by atoms with Crippen LogP contribution in [-0.2, 0) is 4.79 Å². The third-order valence-electron chi connectivity index (χ3n) is 3.55. The van der Waals surface area contributed by atoms with Crippen LogP contribution in [0.2, 0.25) is 0 Å². The van der Waals surface area contributed by atoms with Gasteiger partial charge in [-0.15, -0.1) is 0 Å². The summed E-state index contributed by atoms with van der Waals surface area (Å²) in [4.78, 5) is 25.8. The van der Waals surface area contributed by atoms with Crippen molar-refractivity contribution in [3.8, 4) is 5.75 Å². The Kier molecular flexibility index (Phi) is 2.58. The predicted octanol–water partition coefficient (Wildman–Crippen LogP) is 2.02. The number of methoxy groups -OCH3 is 1. The van der Waals surface area contributed by atoms with Gasteiger partial charge in [0.15, 0.2) is 5.78 Å². The van der Waals surface area contributed by atoms with E-state index in [0.717, 1.165) is 18.5 Å². The Bertz CT molecular complexity index is 520. The number of Topliss-reactive ketones (excluding diaryl/α,β-unsaturated/α-hetero) is 1. The topological polar surface area (TPSA) is 46.6 Å². The molecule has 0 radical (unpaired) electrons. The number of carbonyl (C=O) groups is 2. The number of amides is 1. The maximum atomic E-state index is 12.2. The summed E-state index contributed by atoms with van der Waals surface area (Å²) >= 11 is 0. The van der Waals surface area contributed by atoms with Crippen LogP contribution in [0.1, 0.15) is 29.6 Å². The van der Waals surface area contributed by atoms with Crippen LogP contribution >= 0.6 is 0 Å². The van der Waals surface area contributed by atoms with E-state index >= 15 is 0 Å². The maximum Gasteiger partial charge on any atom is 0.230 e. The molecule has 1 aromatic carbocycles. The van der Waals surface area contributed by atoms with E-state index in [1.807, 2.05) is 6.07 Å². The van der Waals surface area contributed by atoms with E-state index in [2.05, 4.69) is 0 Å². The highest BCUT2D eigenvalue weighted by atomic mass is 16.5. The number of ketones is 1. The summed E-state index contributed by atoms with van der Waals surface area (Å²) in [6, 6.07) is 5.33.